The SMILES string of the molecule is Cc1ncc(-c2ccc3c(c2)N(C2(CO)CCCO2)C(=O)C3(C)C)cn1. The zero-order valence-electron chi connectivity index (χ0n) is 15.3. The Hall–Kier alpha value is -2.31. The molecule has 0 aliphatic carbocycles. The Balaban J connectivity index is 1.86. The molecule has 6 nitrogen and oxygen atoms in total. The molecule has 2 aliphatic heterocycles. The number of aromatic nitrogens is 2. The van der Waals surface area contributed by atoms with Crippen LogP contribution in [0.4, 0.5) is 5.69 Å². The van der Waals surface area contributed by atoms with Gasteiger partial charge in [0.15, 0.2) is 5.72 Å². The highest BCUT2D eigenvalue weighted by molar-refractivity contribution is 6.09. The van der Waals surface area contributed by atoms with Crippen molar-refractivity contribution in [3.63, 3.8) is 0 Å². The summed E-state index contributed by atoms with van der Waals surface area (Å²) < 4.78 is 5.89. The van der Waals surface area contributed by atoms with E-state index in [1.807, 2.05) is 39.0 Å². The van der Waals surface area contributed by atoms with Crippen LogP contribution < -0.4 is 4.90 Å². The summed E-state index contributed by atoms with van der Waals surface area (Å²) >= 11 is 0. The number of amides is 1. The standard InChI is InChI=1S/C20H23N3O3/c1-13-21-10-15(11-22-13)14-5-6-16-17(9-14)23(18(25)19(16,2)3)20(12-24)7-4-8-26-20/h5-6,9-11,24H,4,7-8,12H2,1-3H3. The van der Waals surface area contributed by atoms with Gasteiger partial charge in [-0.15, -0.1) is 0 Å². The fourth-order valence-corrected chi connectivity index (χ4v) is 3.93. The Bertz CT molecular complexity index is 855. The second-order valence-corrected chi connectivity index (χ2v) is 7.57. The average Bonchev–Trinajstić information content (AvgIpc) is 3.18. The zero-order valence-corrected chi connectivity index (χ0v) is 15.3. The lowest BCUT2D eigenvalue weighted by Gasteiger charge is -2.37. The number of carbonyl (C=O) groups is 1. The molecule has 1 saturated heterocycles. The first-order chi connectivity index (χ1) is 12.4. The van der Waals surface area contributed by atoms with Crippen LogP contribution in [0.3, 0.4) is 0 Å². The van der Waals surface area contributed by atoms with E-state index in [-0.39, 0.29) is 12.5 Å². The second kappa shape index (κ2) is 5.86. The molecule has 1 unspecified atom stereocenters. The van der Waals surface area contributed by atoms with Crippen LogP contribution in [0.5, 0.6) is 0 Å². The minimum absolute atomic E-state index is 0.0410. The number of nitrogens with zero attached hydrogens (tertiary/aromatic N) is 3. The average molecular weight is 353 g/mol. The second-order valence-electron chi connectivity index (χ2n) is 7.57. The van der Waals surface area contributed by atoms with E-state index in [4.69, 9.17) is 4.74 Å². The maximum Gasteiger partial charge on any atom is 0.239 e. The molecule has 1 fully saturated rings. The normalized spacial score (nSPS) is 24.2. The molecule has 1 aromatic carbocycles. The number of benzene rings is 1. The first-order valence-corrected chi connectivity index (χ1v) is 8.92. The molecule has 1 atom stereocenters. The third kappa shape index (κ3) is 2.36. The molecule has 2 aromatic rings. The van der Waals surface area contributed by atoms with Gasteiger partial charge in [-0.2, -0.15) is 0 Å². The summed E-state index contributed by atoms with van der Waals surface area (Å²) in [6, 6.07) is 5.96. The van der Waals surface area contributed by atoms with Crippen LogP contribution in [0, 0.1) is 6.92 Å². The number of hydrogen-bond acceptors (Lipinski definition) is 5. The molecule has 2 aliphatic rings. The van der Waals surface area contributed by atoms with Crippen molar-refractivity contribution in [2.45, 2.75) is 44.8 Å². The van der Waals surface area contributed by atoms with Gasteiger partial charge in [0.1, 0.15) is 5.82 Å². The molecule has 6 heteroatoms. The Morgan fingerprint density at radius 2 is 1.96 bits per heavy atom. The number of anilines is 1. The highest BCUT2D eigenvalue weighted by Crippen LogP contribution is 2.48. The van der Waals surface area contributed by atoms with Gasteiger partial charge in [0, 0.05) is 31.0 Å². The lowest BCUT2D eigenvalue weighted by atomic mass is 9.85. The van der Waals surface area contributed by atoms with Gasteiger partial charge in [-0.25, -0.2) is 9.97 Å². The number of carbonyl (C=O) groups excluding carboxylic acids is 1. The number of hydrogen-bond donors (Lipinski definition) is 1. The van der Waals surface area contributed by atoms with Gasteiger partial charge in [0.05, 0.1) is 17.7 Å². The van der Waals surface area contributed by atoms with Gasteiger partial charge >= 0.3 is 0 Å². The topological polar surface area (TPSA) is 75.6 Å². The van der Waals surface area contributed by atoms with Crippen LogP contribution in [0.15, 0.2) is 30.6 Å². The molecule has 4 rings (SSSR count). The zero-order chi connectivity index (χ0) is 18.5. The smallest absolute Gasteiger partial charge is 0.239 e. The maximum atomic E-state index is 13.2. The highest BCUT2D eigenvalue weighted by Gasteiger charge is 2.54. The molecule has 1 amide bonds. The van der Waals surface area contributed by atoms with E-state index in [2.05, 4.69) is 9.97 Å². The number of ether oxygens (including phenoxy) is 1. The van der Waals surface area contributed by atoms with Gasteiger partial charge in [-0.3, -0.25) is 9.69 Å². The molecule has 3 heterocycles. The molecular weight excluding hydrogens is 330 g/mol. The molecule has 0 spiro atoms. The molecule has 1 aromatic heterocycles. The van der Waals surface area contributed by atoms with E-state index in [1.165, 1.54) is 0 Å². The van der Waals surface area contributed by atoms with Gasteiger partial charge in [0.25, 0.3) is 0 Å². The van der Waals surface area contributed by atoms with Crippen LogP contribution >= 0.6 is 0 Å². The number of aliphatic hydroxyl groups excluding tert-OH is 1. The van der Waals surface area contributed by atoms with E-state index < -0.39 is 11.1 Å². The van der Waals surface area contributed by atoms with Crippen molar-refractivity contribution in [1.29, 1.82) is 0 Å². The molecule has 0 bridgehead atoms. The van der Waals surface area contributed by atoms with E-state index in [9.17, 15) is 9.90 Å². The van der Waals surface area contributed by atoms with E-state index in [1.54, 1.807) is 17.3 Å². The van der Waals surface area contributed by atoms with Gasteiger partial charge in [-0.1, -0.05) is 12.1 Å². The number of fused-ring (bicyclic) bond motifs is 1. The predicted octanol–water partition coefficient (Wildman–Crippen LogP) is 2.58. The molecule has 1 N–H and O–H groups in total. The summed E-state index contributed by atoms with van der Waals surface area (Å²) in [6.45, 7) is 6.02. The molecular formula is C20H23N3O3. The van der Waals surface area contributed by atoms with Crippen molar-refractivity contribution in [3.8, 4) is 11.1 Å². The van der Waals surface area contributed by atoms with Crippen LogP contribution in [0.25, 0.3) is 11.1 Å². The number of aliphatic hydroxyl groups is 1. The van der Waals surface area contributed by atoms with Crippen molar-refractivity contribution in [2.75, 3.05) is 18.1 Å². The minimum Gasteiger partial charge on any atom is -0.391 e. The number of rotatable bonds is 3. The van der Waals surface area contributed by atoms with Crippen molar-refractivity contribution in [2.24, 2.45) is 0 Å². The molecule has 0 saturated carbocycles. The summed E-state index contributed by atoms with van der Waals surface area (Å²) in [6.07, 6.45) is 5.02. The van der Waals surface area contributed by atoms with Crippen LogP contribution in [-0.4, -0.2) is 39.9 Å². The fourth-order valence-electron chi connectivity index (χ4n) is 3.93. The Morgan fingerprint density at radius 1 is 1.23 bits per heavy atom. The van der Waals surface area contributed by atoms with Gasteiger partial charge < -0.3 is 9.84 Å². The molecule has 136 valence electrons. The first-order valence-electron chi connectivity index (χ1n) is 8.92. The largest absolute Gasteiger partial charge is 0.391 e. The Labute approximate surface area is 152 Å². The van der Waals surface area contributed by atoms with E-state index >= 15 is 0 Å². The lowest BCUT2D eigenvalue weighted by Crippen LogP contribution is -2.55. The van der Waals surface area contributed by atoms with Crippen LogP contribution in [0.1, 0.15) is 38.1 Å². The van der Waals surface area contributed by atoms with Gasteiger partial charge in [-0.05, 0) is 44.4 Å². The molecule has 26 heavy (non-hydrogen) atoms. The minimum atomic E-state index is -0.970. The van der Waals surface area contributed by atoms with Crippen molar-refractivity contribution in [1.82, 2.24) is 9.97 Å². The van der Waals surface area contributed by atoms with E-state index in [0.29, 0.717) is 18.9 Å². The third-order valence-corrected chi connectivity index (χ3v) is 5.50. The lowest BCUT2D eigenvalue weighted by molar-refractivity contribution is -0.129. The number of aryl methyl sites for hydroxylation is 1. The van der Waals surface area contributed by atoms with Crippen molar-refractivity contribution >= 4 is 11.6 Å². The quantitative estimate of drug-likeness (QED) is 0.918. The summed E-state index contributed by atoms with van der Waals surface area (Å²) in [5.74, 6) is 0.673. The maximum absolute atomic E-state index is 13.2. The van der Waals surface area contributed by atoms with Crippen LogP contribution in [0.2, 0.25) is 0 Å². The van der Waals surface area contributed by atoms with Crippen molar-refractivity contribution < 1.29 is 14.6 Å². The molecule has 0 radical (unpaired) electrons. The fraction of sp³-hybridized carbons (Fsp3) is 0.450. The Morgan fingerprint density at radius 3 is 2.58 bits per heavy atom. The predicted molar refractivity (Wildman–Crippen MR) is 97.7 cm³/mol. The summed E-state index contributed by atoms with van der Waals surface area (Å²) in [7, 11) is 0. The Kier molecular flexibility index (Phi) is 3.86. The van der Waals surface area contributed by atoms with Crippen LogP contribution in [-0.2, 0) is 14.9 Å². The monoisotopic (exact) mass is 353 g/mol. The summed E-state index contributed by atoms with van der Waals surface area (Å²) in [5.41, 5.74) is 1.94. The highest BCUT2D eigenvalue weighted by atomic mass is 16.5. The van der Waals surface area contributed by atoms with Crippen molar-refractivity contribution in [3.05, 3.63) is 42.0 Å². The van der Waals surface area contributed by atoms with E-state index in [0.717, 1.165) is 28.8 Å². The summed E-state index contributed by atoms with van der Waals surface area (Å²) in [5, 5.41) is 10.1. The first kappa shape index (κ1) is 17.1. The summed E-state index contributed by atoms with van der Waals surface area (Å²) in [4.78, 5) is 23.4. The van der Waals surface area contributed by atoms with Gasteiger partial charge in [0.2, 0.25) is 5.91 Å². The third-order valence-electron chi connectivity index (χ3n) is 5.50.